The summed E-state index contributed by atoms with van der Waals surface area (Å²) in [6, 6.07) is 5.56. The molecule has 1 aliphatic rings. The van der Waals surface area contributed by atoms with Gasteiger partial charge in [-0.3, -0.25) is 0 Å². The second-order valence-electron chi connectivity index (χ2n) is 3.88. The van der Waals surface area contributed by atoms with Crippen molar-refractivity contribution in [2.24, 2.45) is 11.1 Å². The standard InChI is InChI=1S/C11H11FN2O3/c12-9-3-1-7(2-4-9)10(13-17)8-5-14(6-8)11(15)16/h1-4,8,17H,5-6H2,(H,15,16)/b13-10-. The Morgan fingerprint density at radius 3 is 2.41 bits per heavy atom. The molecule has 0 bridgehead atoms. The van der Waals surface area contributed by atoms with E-state index in [2.05, 4.69) is 5.16 Å². The van der Waals surface area contributed by atoms with Crippen LogP contribution in [0.2, 0.25) is 0 Å². The Kier molecular flexibility index (Phi) is 2.95. The highest BCUT2D eigenvalue weighted by Gasteiger charge is 2.34. The third-order valence-corrected chi connectivity index (χ3v) is 2.79. The summed E-state index contributed by atoms with van der Waals surface area (Å²) in [5.41, 5.74) is 0.992. The van der Waals surface area contributed by atoms with Crippen LogP contribution in [0, 0.1) is 11.7 Å². The summed E-state index contributed by atoms with van der Waals surface area (Å²) < 4.78 is 12.7. The molecule has 0 radical (unpaired) electrons. The van der Waals surface area contributed by atoms with Crippen LogP contribution >= 0.6 is 0 Å². The molecule has 1 aromatic carbocycles. The normalized spacial score (nSPS) is 16.8. The van der Waals surface area contributed by atoms with E-state index < -0.39 is 6.09 Å². The number of carboxylic acid groups (broad SMARTS) is 1. The van der Waals surface area contributed by atoms with Crippen LogP contribution in [0.5, 0.6) is 0 Å². The smallest absolute Gasteiger partial charge is 0.407 e. The van der Waals surface area contributed by atoms with Crippen LogP contribution in [-0.4, -0.2) is 40.1 Å². The average molecular weight is 238 g/mol. The van der Waals surface area contributed by atoms with Gasteiger partial charge in [-0.15, -0.1) is 0 Å². The minimum absolute atomic E-state index is 0.137. The maximum Gasteiger partial charge on any atom is 0.407 e. The summed E-state index contributed by atoms with van der Waals surface area (Å²) in [6.07, 6.45) is -0.988. The number of hydrogen-bond acceptors (Lipinski definition) is 3. The molecule has 2 N–H and O–H groups in total. The molecule has 1 aliphatic heterocycles. The molecule has 0 atom stereocenters. The molecule has 1 fully saturated rings. The molecule has 0 unspecified atom stereocenters. The molecule has 5 nitrogen and oxygen atoms in total. The number of nitrogens with zero attached hydrogens (tertiary/aromatic N) is 2. The number of likely N-dealkylation sites (tertiary alicyclic amines) is 1. The summed E-state index contributed by atoms with van der Waals surface area (Å²) >= 11 is 0. The predicted molar refractivity (Wildman–Crippen MR) is 57.8 cm³/mol. The molecule has 90 valence electrons. The predicted octanol–water partition coefficient (Wildman–Crippen LogP) is 1.61. The van der Waals surface area contributed by atoms with Gasteiger partial charge in [-0.25, -0.2) is 9.18 Å². The third kappa shape index (κ3) is 2.20. The summed E-state index contributed by atoms with van der Waals surface area (Å²) in [6.45, 7) is 0.595. The van der Waals surface area contributed by atoms with Crippen molar-refractivity contribution in [3.05, 3.63) is 35.6 Å². The summed E-state index contributed by atoms with van der Waals surface area (Å²) in [5.74, 6) is -0.506. The van der Waals surface area contributed by atoms with Gasteiger partial charge in [0.1, 0.15) is 5.82 Å². The lowest BCUT2D eigenvalue weighted by atomic mass is 9.90. The maximum atomic E-state index is 12.7. The first-order valence-electron chi connectivity index (χ1n) is 5.07. The topological polar surface area (TPSA) is 73.1 Å². The number of rotatable bonds is 2. The van der Waals surface area contributed by atoms with E-state index in [4.69, 9.17) is 10.3 Å². The van der Waals surface area contributed by atoms with Crippen molar-refractivity contribution in [3.8, 4) is 0 Å². The molecule has 2 rings (SSSR count). The van der Waals surface area contributed by atoms with Crippen LogP contribution in [0.1, 0.15) is 5.56 Å². The van der Waals surface area contributed by atoms with Gasteiger partial charge in [0, 0.05) is 19.0 Å². The first kappa shape index (κ1) is 11.4. The second-order valence-corrected chi connectivity index (χ2v) is 3.88. The molecule has 0 aromatic heterocycles. The Morgan fingerprint density at radius 1 is 1.35 bits per heavy atom. The summed E-state index contributed by atoms with van der Waals surface area (Å²) in [5, 5.41) is 20.8. The van der Waals surface area contributed by atoms with Gasteiger partial charge in [0.2, 0.25) is 0 Å². The van der Waals surface area contributed by atoms with Crippen LogP contribution in [0.4, 0.5) is 9.18 Å². The molecule has 1 amide bonds. The van der Waals surface area contributed by atoms with Gasteiger partial charge in [-0.1, -0.05) is 17.3 Å². The van der Waals surface area contributed by atoms with Gasteiger partial charge in [0.15, 0.2) is 0 Å². The number of amides is 1. The van der Waals surface area contributed by atoms with Gasteiger partial charge < -0.3 is 15.2 Å². The molecule has 6 heteroatoms. The lowest BCUT2D eigenvalue weighted by Crippen LogP contribution is -2.52. The minimum Gasteiger partial charge on any atom is -0.465 e. The van der Waals surface area contributed by atoms with Crippen LogP contribution in [0.15, 0.2) is 29.4 Å². The van der Waals surface area contributed by atoms with E-state index >= 15 is 0 Å². The third-order valence-electron chi connectivity index (χ3n) is 2.79. The number of carbonyl (C=O) groups is 1. The highest BCUT2D eigenvalue weighted by atomic mass is 19.1. The van der Waals surface area contributed by atoms with E-state index in [1.807, 2.05) is 0 Å². The second kappa shape index (κ2) is 4.40. The monoisotopic (exact) mass is 238 g/mol. The van der Waals surface area contributed by atoms with Gasteiger partial charge in [-0.2, -0.15) is 0 Å². The van der Waals surface area contributed by atoms with E-state index in [0.29, 0.717) is 24.4 Å². The largest absolute Gasteiger partial charge is 0.465 e. The Hall–Kier alpha value is -2.11. The molecule has 0 spiro atoms. The van der Waals surface area contributed by atoms with Gasteiger partial charge >= 0.3 is 6.09 Å². The van der Waals surface area contributed by atoms with Crippen LogP contribution in [0.3, 0.4) is 0 Å². The zero-order valence-electron chi connectivity index (χ0n) is 8.88. The van der Waals surface area contributed by atoms with Crippen LogP contribution in [-0.2, 0) is 0 Å². The summed E-state index contributed by atoms with van der Waals surface area (Å²) in [7, 11) is 0. The SMILES string of the molecule is O=C(O)N1CC(/C(=N\O)c2ccc(F)cc2)C1. The molecular formula is C11H11FN2O3. The number of hydrogen-bond donors (Lipinski definition) is 2. The molecule has 1 saturated heterocycles. The molecule has 17 heavy (non-hydrogen) atoms. The first-order valence-corrected chi connectivity index (χ1v) is 5.07. The highest BCUT2D eigenvalue weighted by Crippen LogP contribution is 2.21. The Balaban J connectivity index is 2.09. The zero-order chi connectivity index (χ0) is 12.4. The van der Waals surface area contributed by atoms with Crippen molar-refractivity contribution >= 4 is 11.8 Å². The van der Waals surface area contributed by atoms with E-state index in [9.17, 15) is 9.18 Å². The van der Waals surface area contributed by atoms with E-state index in [0.717, 1.165) is 0 Å². The summed E-state index contributed by atoms with van der Waals surface area (Å²) in [4.78, 5) is 11.8. The Bertz CT molecular complexity index is 452. The number of halogens is 1. The van der Waals surface area contributed by atoms with E-state index in [1.165, 1.54) is 29.2 Å². The molecule has 1 aromatic rings. The van der Waals surface area contributed by atoms with Gasteiger partial charge in [0.25, 0.3) is 0 Å². The molecule has 1 heterocycles. The maximum absolute atomic E-state index is 12.7. The number of benzene rings is 1. The molecular weight excluding hydrogens is 227 g/mol. The van der Waals surface area contributed by atoms with Gasteiger partial charge in [0.05, 0.1) is 5.71 Å². The Labute approximate surface area is 96.8 Å². The fourth-order valence-electron chi connectivity index (χ4n) is 1.80. The van der Waals surface area contributed by atoms with Crippen molar-refractivity contribution in [3.63, 3.8) is 0 Å². The average Bonchev–Trinajstić information content (AvgIpc) is 2.23. The lowest BCUT2D eigenvalue weighted by molar-refractivity contribution is 0.101. The first-order chi connectivity index (χ1) is 8.11. The van der Waals surface area contributed by atoms with Gasteiger partial charge in [-0.05, 0) is 17.7 Å². The van der Waals surface area contributed by atoms with Crippen molar-refractivity contribution in [2.75, 3.05) is 13.1 Å². The fourth-order valence-corrected chi connectivity index (χ4v) is 1.80. The Morgan fingerprint density at radius 2 is 1.94 bits per heavy atom. The fraction of sp³-hybridized carbons (Fsp3) is 0.273. The highest BCUT2D eigenvalue weighted by molar-refractivity contribution is 6.03. The molecule has 0 aliphatic carbocycles. The van der Waals surface area contributed by atoms with Crippen molar-refractivity contribution in [1.82, 2.24) is 4.90 Å². The van der Waals surface area contributed by atoms with Crippen LogP contribution < -0.4 is 0 Å². The quantitative estimate of drug-likeness (QED) is 0.467. The van der Waals surface area contributed by atoms with Crippen LogP contribution in [0.25, 0.3) is 0 Å². The minimum atomic E-state index is -0.988. The lowest BCUT2D eigenvalue weighted by Gasteiger charge is -2.37. The molecule has 0 saturated carbocycles. The van der Waals surface area contributed by atoms with Crippen molar-refractivity contribution in [1.29, 1.82) is 0 Å². The number of oxime groups is 1. The van der Waals surface area contributed by atoms with E-state index in [-0.39, 0.29) is 11.7 Å². The van der Waals surface area contributed by atoms with Crippen molar-refractivity contribution < 1.29 is 19.5 Å². The van der Waals surface area contributed by atoms with E-state index in [1.54, 1.807) is 0 Å². The zero-order valence-corrected chi connectivity index (χ0v) is 8.88. The van der Waals surface area contributed by atoms with Crippen molar-refractivity contribution in [2.45, 2.75) is 0 Å².